The summed E-state index contributed by atoms with van der Waals surface area (Å²) in [5.41, 5.74) is -0.642. The number of alkyl halides is 3. The van der Waals surface area contributed by atoms with E-state index >= 15 is 0 Å². The van der Waals surface area contributed by atoms with Crippen molar-refractivity contribution in [1.29, 1.82) is 0 Å². The van der Waals surface area contributed by atoms with E-state index in [9.17, 15) is 27.2 Å². The van der Waals surface area contributed by atoms with Crippen molar-refractivity contribution >= 4 is 46.0 Å². The van der Waals surface area contributed by atoms with E-state index in [1.165, 1.54) is 30.5 Å². The Morgan fingerprint density at radius 3 is 2.42 bits per heavy atom. The van der Waals surface area contributed by atoms with Crippen LogP contribution in [-0.4, -0.2) is 27.0 Å². The van der Waals surface area contributed by atoms with Crippen molar-refractivity contribution in [1.82, 2.24) is 9.78 Å². The van der Waals surface area contributed by atoms with Gasteiger partial charge in [0, 0.05) is 5.39 Å². The third-order valence-corrected chi connectivity index (χ3v) is 4.91. The molecule has 11 heteroatoms. The van der Waals surface area contributed by atoms with Gasteiger partial charge in [0.2, 0.25) is 0 Å². The number of fused-ring (bicyclic) bond motifs is 1. The van der Waals surface area contributed by atoms with Crippen LogP contribution in [0.25, 0.3) is 16.8 Å². The van der Waals surface area contributed by atoms with E-state index in [4.69, 9.17) is 28.3 Å². The second-order valence-corrected chi connectivity index (χ2v) is 7.34. The van der Waals surface area contributed by atoms with Crippen molar-refractivity contribution in [2.75, 3.05) is 0 Å². The van der Waals surface area contributed by atoms with Crippen LogP contribution in [0.3, 0.4) is 0 Å². The number of rotatable bonds is 5. The summed E-state index contributed by atoms with van der Waals surface area (Å²) in [5, 5.41) is 12.0. The van der Waals surface area contributed by atoms with E-state index in [0.29, 0.717) is 10.9 Å². The molecule has 0 saturated carbocycles. The van der Waals surface area contributed by atoms with Gasteiger partial charge in [-0.2, -0.15) is 18.3 Å². The first kappa shape index (κ1) is 22.8. The Balaban J connectivity index is 1.99. The largest absolute Gasteiger partial charge is 0.480 e. The average Bonchev–Trinajstić information content (AvgIpc) is 2.67. The predicted octanol–water partition coefficient (Wildman–Crippen LogP) is 5.29. The highest BCUT2D eigenvalue weighted by molar-refractivity contribution is 6.35. The van der Waals surface area contributed by atoms with Crippen molar-refractivity contribution in [3.8, 4) is 0 Å². The number of carbonyl (C=O) groups is 1. The first-order valence-corrected chi connectivity index (χ1v) is 9.34. The number of hydrogen-bond donors (Lipinski definition) is 1. The van der Waals surface area contributed by atoms with Gasteiger partial charge in [-0.1, -0.05) is 41.4 Å². The summed E-state index contributed by atoms with van der Waals surface area (Å²) in [6.07, 6.45) is -1.41. The number of carboxylic acids is 1. The number of benzene rings is 2. The lowest BCUT2D eigenvalue weighted by Gasteiger charge is -2.18. The van der Waals surface area contributed by atoms with Crippen molar-refractivity contribution < 1.29 is 27.5 Å². The molecule has 0 fully saturated rings. The summed E-state index contributed by atoms with van der Waals surface area (Å²) < 4.78 is 55.1. The van der Waals surface area contributed by atoms with E-state index in [-0.39, 0.29) is 10.9 Å². The third kappa shape index (κ3) is 5.05. The molecule has 1 unspecified atom stereocenters. The molecule has 1 atom stereocenters. The van der Waals surface area contributed by atoms with Gasteiger partial charge in [-0.15, -0.1) is 0 Å². The number of carboxylic acid groups (broad SMARTS) is 1. The smallest absolute Gasteiger partial charge is 0.399 e. The summed E-state index contributed by atoms with van der Waals surface area (Å²) >= 11 is 11.3. The van der Waals surface area contributed by atoms with Gasteiger partial charge in [0.05, 0.1) is 27.5 Å². The highest BCUT2D eigenvalue weighted by Gasteiger charge is 2.39. The summed E-state index contributed by atoms with van der Waals surface area (Å²) in [7, 11) is 0. The maximum atomic E-state index is 13.6. The number of halogens is 6. The van der Waals surface area contributed by atoms with Gasteiger partial charge in [-0.05, 0) is 35.4 Å². The molecule has 0 aliphatic heterocycles. The molecule has 0 amide bonds. The first-order valence-electron chi connectivity index (χ1n) is 8.58. The van der Waals surface area contributed by atoms with Crippen LogP contribution < -0.4 is 5.56 Å². The Labute approximate surface area is 182 Å². The van der Waals surface area contributed by atoms with Crippen LogP contribution in [0.2, 0.25) is 10.0 Å². The van der Waals surface area contributed by atoms with Crippen LogP contribution in [0.1, 0.15) is 17.0 Å². The number of aromatic nitrogens is 2. The molecule has 1 heterocycles. The Morgan fingerprint density at radius 2 is 1.84 bits per heavy atom. The molecule has 0 aliphatic carbocycles. The number of aliphatic carboxylic acids is 1. The van der Waals surface area contributed by atoms with E-state index in [1.807, 2.05) is 0 Å². The molecule has 0 aliphatic rings. The lowest BCUT2D eigenvalue weighted by atomic mass is 9.96. The minimum absolute atomic E-state index is 0.165. The first-order chi connectivity index (χ1) is 14.5. The van der Waals surface area contributed by atoms with Crippen LogP contribution >= 0.6 is 23.2 Å². The molecule has 0 radical (unpaired) electrons. The van der Waals surface area contributed by atoms with Gasteiger partial charge in [-0.3, -0.25) is 9.59 Å². The second kappa shape index (κ2) is 8.68. The highest BCUT2D eigenvalue weighted by Crippen LogP contribution is 2.39. The maximum absolute atomic E-state index is 13.6. The zero-order valence-corrected chi connectivity index (χ0v) is 16.8. The van der Waals surface area contributed by atoms with Gasteiger partial charge in [-0.25, -0.2) is 9.07 Å². The fourth-order valence-corrected chi connectivity index (χ4v) is 3.43. The molecule has 1 N–H and O–H groups in total. The fraction of sp³-hybridized carbons (Fsp3) is 0.150. The molecular weight excluding hydrogens is 463 g/mol. The van der Waals surface area contributed by atoms with E-state index in [1.54, 1.807) is 0 Å². The standard InChI is InChI=1S/C20H12Cl2F4N2O3/c21-15-6-11(7-16(22)18(15)23)14(20(24,25)26)4-2-10-1-3-13-12(5-10)8-27-28(19(13)31)9-17(29)30/h1-8,14H,9H2,(H,29,30). The summed E-state index contributed by atoms with van der Waals surface area (Å²) in [4.78, 5) is 23.0. The van der Waals surface area contributed by atoms with Gasteiger partial charge >= 0.3 is 12.1 Å². The van der Waals surface area contributed by atoms with Crippen LogP contribution in [0.15, 0.2) is 47.4 Å². The van der Waals surface area contributed by atoms with Gasteiger partial charge in [0.25, 0.3) is 5.56 Å². The normalized spacial score (nSPS) is 13.1. The number of nitrogens with zero attached hydrogens (tertiary/aromatic N) is 2. The molecule has 2 aromatic carbocycles. The van der Waals surface area contributed by atoms with E-state index in [0.717, 1.165) is 22.9 Å². The third-order valence-electron chi connectivity index (χ3n) is 4.36. The Hall–Kier alpha value is -2.91. The highest BCUT2D eigenvalue weighted by atomic mass is 35.5. The Kier molecular flexibility index (Phi) is 6.38. The molecule has 0 bridgehead atoms. The fourth-order valence-electron chi connectivity index (χ4n) is 2.92. The molecule has 162 valence electrons. The zero-order chi connectivity index (χ0) is 22.9. The van der Waals surface area contributed by atoms with Crippen LogP contribution in [0.5, 0.6) is 0 Å². The number of hydrogen-bond acceptors (Lipinski definition) is 3. The van der Waals surface area contributed by atoms with Crippen LogP contribution in [0, 0.1) is 5.82 Å². The summed E-state index contributed by atoms with van der Waals surface area (Å²) in [5.74, 6) is -4.36. The van der Waals surface area contributed by atoms with E-state index < -0.39 is 46.0 Å². The lowest BCUT2D eigenvalue weighted by molar-refractivity contribution is -0.139. The van der Waals surface area contributed by atoms with Crippen LogP contribution in [0.4, 0.5) is 17.6 Å². The molecule has 3 aromatic rings. The van der Waals surface area contributed by atoms with Crippen molar-refractivity contribution in [3.05, 3.63) is 79.9 Å². The van der Waals surface area contributed by atoms with Gasteiger partial charge < -0.3 is 5.11 Å². The number of allylic oxidation sites excluding steroid dienone is 1. The molecular formula is C20H12Cl2F4N2O3. The second-order valence-electron chi connectivity index (χ2n) is 6.52. The SMILES string of the molecule is O=C(O)Cn1ncc2cc(C=CC(c3cc(Cl)c(F)c(Cl)c3)C(F)(F)F)ccc2c1=O. The molecule has 0 spiro atoms. The van der Waals surface area contributed by atoms with Gasteiger partial charge in [0.15, 0.2) is 5.82 Å². The average molecular weight is 475 g/mol. The van der Waals surface area contributed by atoms with E-state index in [2.05, 4.69) is 5.10 Å². The van der Waals surface area contributed by atoms with Crippen molar-refractivity contribution in [3.63, 3.8) is 0 Å². The quantitative estimate of drug-likeness (QED) is 0.403. The monoisotopic (exact) mass is 474 g/mol. The van der Waals surface area contributed by atoms with Gasteiger partial charge in [0.1, 0.15) is 6.54 Å². The lowest BCUT2D eigenvalue weighted by Crippen LogP contribution is -2.26. The zero-order valence-electron chi connectivity index (χ0n) is 15.3. The molecule has 0 saturated heterocycles. The Morgan fingerprint density at radius 1 is 1.19 bits per heavy atom. The minimum Gasteiger partial charge on any atom is -0.480 e. The Bertz CT molecular complexity index is 1230. The molecule has 1 aromatic heterocycles. The summed E-state index contributed by atoms with van der Waals surface area (Å²) in [6.45, 7) is -0.619. The molecule has 5 nitrogen and oxygen atoms in total. The van der Waals surface area contributed by atoms with Crippen molar-refractivity contribution in [2.45, 2.75) is 18.6 Å². The predicted molar refractivity (Wildman–Crippen MR) is 108 cm³/mol. The van der Waals surface area contributed by atoms with Crippen LogP contribution in [-0.2, 0) is 11.3 Å². The molecule has 3 rings (SSSR count). The molecule has 31 heavy (non-hydrogen) atoms. The maximum Gasteiger partial charge on any atom is 0.399 e. The van der Waals surface area contributed by atoms with Crippen molar-refractivity contribution in [2.24, 2.45) is 0 Å². The minimum atomic E-state index is -4.70. The summed E-state index contributed by atoms with van der Waals surface area (Å²) in [6, 6.07) is 5.93. The topological polar surface area (TPSA) is 72.2 Å².